The molecule has 2 aromatic rings. The Bertz CT molecular complexity index is 713. The van der Waals surface area contributed by atoms with Gasteiger partial charge in [-0.1, -0.05) is 54.6 Å². The second-order valence-electron chi connectivity index (χ2n) is 6.62. The Morgan fingerprint density at radius 3 is 2.43 bits per heavy atom. The summed E-state index contributed by atoms with van der Waals surface area (Å²) in [5.74, 6) is -0.187. The minimum Gasteiger partial charge on any atom is -0.368 e. The van der Waals surface area contributed by atoms with Crippen LogP contribution in [-0.4, -0.2) is 16.8 Å². The molecule has 2 N–H and O–H groups in total. The fourth-order valence-corrected chi connectivity index (χ4v) is 4.41. The number of hydrogen-bond donors (Lipinski definition) is 1. The van der Waals surface area contributed by atoms with Crippen molar-refractivity contribution in [3.63, 3.8) is 0 Å². The first kappa shape index (κ1) is 14.5. The maximum atomic E-state index is 12.0. The zero-order valence-electron chi connectivity index (χ0n) is 13.2. The Morgan fingerprint density at radius 2 is 1.65 bits per heavy atom. The molecule has 3 nitrogen and oxygen atoms in total. The lowest BCUT2D eigenvalue weighted by Gasteiger charge is -2.35. The molecule has 1 aliphatic carbocycles. The molecular formula is C20H22N2O. The summed E-state index contributed by atoms with van der Waals surface area (Å²) >= 11 is 0. The highest BCUT2D eigenvalue weighted by Crippen LogP contribution is 2.47. The van der Waals surface area contributed by atoms with Gasteiger partial charge in [-0.2, -0.15) is 0 Å². The molecule has 1 amide bonds. The fourth-order valence-electron chi connectivity index (χ4n) is 4.41. The maximum absolute atomic E-state index is 12.0. The first-order valence-corrected chi connectivity index (χ1v) is 8.45. The lowest BCUT2D eigenvalue weighted by Crippen LogP contribution is -2.42. The van der Waals surface area contributed by atoms with Gasteiger partial charge in [0.2, 0.25) is 5.91 Å². The summed E-state index contributed by atoms with van der Waals surface area (Å²) in [6.07, 6.45) is 4.01. The number of carbonyl (C=O) groups excluding carboxylic acids is 1. The predicted octanol–water partition coefficient (Wildman–Crippen LogP) is 3.36. The molecule has 1 heterocycles. The van der Waals surface area contributed by atoms with Gasteiger partial charge >= 0.3 is 0 Å². The molecule has 3 atom stereocenters. The van der Waals surface area contributed by atoms with Gasteiger partial charge in [-0.05, 0) is 42.4 Å². The van der Waals surface area contributed by atoms with E-state index in [2.05, 4.69) is 53.4 Å². The van der Waals surface area contributed by atoms with Gasteiger partial charge in [0.15, 0.2) is 0 Å². The second-order valence-corrected chi connectivity index (χ2v) is 6.62. The normalized spacial score (nSPS) is 27.0. The van der Waals surface area contributed by atoms with Crippen LogP contribution in [0.25, 0.3) is 0 Å². The number of benzene rings is 2. The highest BCUT2D eigenvalue weighted by molar-refractivity contribution is 5.80. The van der Waals surface area contributed by atoms with Gasteiger partial charge in [-0.15, -0.1) is 0 Å². The highest BCUT2D eigenvalue weighted by Gasteiger charge is 2.43. The van der Waals surface area contributed by atoms with E-state index in [1.165, 1.54) is 16.7 Å². The third-order valence-electron chi connectivity index (χ3n) is 5.41. The van der Waals surface area contributed by atoms with E-state index in [-0.39, 0.29) is 18.0 Å². The molecule has 4 rings (SSSR count). The molecular weight excluding hydrogens is 284 g/mol. The zero-order chi connectivity index (χ0) is 15.8. The first-order chi connectivity index (χ1) is 11.3. The SMILES string of the molecule is NC(=O)C1CCC(c2ccccc2)N1[C@@H]1CCc2ccccc21. The molecule has 1 aliphatic heterocycles. The number of aryl methyl sites for hydroxylation is 1. The number of nitrogens with zero attached hydrogens (tertiary/aromatic N) is 1. The molecule has 2 unspecified atom stereocenters. The molecule has 0 bridgehead atoms. The summed E-state index contributed by atoms with van der Waals surface area (Å²) in [7, 11) is 0. The van der Waals surface area contributed by atoms with Crippen LogP contribution in [-0.2, 0) is 11.2 Å². The number of fused-ring (bicyclic) bond motifs is 1. The van der Waals surface area contributed by atoms with E-state index in [0.717, 1.165) is 25.7 Å². The number of carbonyl (C=O) groups is 1. The van der Waals surface area contributed by atoms with E-state index < -0.39 is 0 Å². The summed E-state index contributed by atoms with van der Waals surface area (Å²) in [5, 5.41) is 0. The van der Waals surface area contributed by atoms with Crippen molar-refractivity contribution in [3.05, 3.63) is 71.3 Å². The first-order valence-electron chi connectivity index (χ1n) is 8.45. The van der Waals surface area contributed by atoms with Gasteiger partial charge in [0.05, 0.1) is 6.04 Å². The standard InChI is InChI=1S/C20H22N2O/c21-20(23)19-13-12-17(15-7-2-1-3-8-15)22(19)18-11-10-14-6-4-5-9-16(14)18/h1-9,17-19H,10-13H2,(H2,21,23)/t17?,18-,19?/m1/s1. The third kappa shape index (κ3) is 2.45. The lowest BCUT2D eigenvalue weighted by atomic mass is 10.0. The van der Waals surface area contributed by atoms with Crippen LogP contribution in [0.1, 0.15) is 48.0 Å². The van der Waals surface area contributed by atoms with E-state index >= 15 is 0 Å². The van der Waals surface area contributed by atoms with Crippen molar-refractivity contribution in [2.24, 2.45) is 5.73 Å². The van der Waals surface area contributed by atoms with Crippen LogP contribution in [0.15, 0.2) is 54.6 Å². The Balaban J connectivity index is 1.74. The number of hydrogen-bond acceptors (Lipinski definition) is 2. The number of primary amides is 1. The van der Waals surface area contributed by atoms with Crippen molar-refractivity contribution in [2.45, 2.75) is 43.8 Å². The van der Waals surface area contributed by atoms with Crippen molar-refractivity contribution in [1.29, 1.82) is 0 Å². The largest absolute Gasteiger partial charge is 0.368 e. The van der Waals surface area contributed by atoms with Crippen LogP contribution in [0.3, 0.4) is 0 Å². The molecule has 0 radical (unpaired) electrons. The van der Waals surface area contributed by atoms with Gasteiger partial charge < -0.3 is 5.73 Å². The molecule has 2 aromatic carbocycles. The van der Waals surface area contributed by atoms with Crippen molar-refractivity contribution in [2.75, 3.05) is 0 Å². The molecule has 0 aromatic heterocycles. The zero-order valence-corrected chi connectivity index (χ0v) is 13.2. The van der Waals surface area contributed by atoms with Crippen LogP contribution in [0.4, 0.5) is 0 Å². The quantitative estimate of drug-likeness (QED) is 0.945. The Morgan fingerprint density at radius 1 is 0.913 bits per heavy atom. The minimum atomic E-state index is -0.187. The Hall–Kier alpha value is -2.13. The maximum Gasteiger partial charge on any atom is 0.234 e. The van der Waals surface area contributed by atoms with Gasteiger partial charge in [0.25, 0.3) is 0 Å². The van der Waals surface area contributed by atoms with Gasteiger partial charge in [0, 0.05) is 12.1 Å². The molecule has 0 saturated carbocycles. The average molecular weight is 306 g/mol. The molecule has 2 aliphatic rings. The molecule has 23 heavy (non-hydrogen) atoms. The average Bonchev–Trinajstić information content (AvgIpc) is 3.19. The minimum absolute atomic E-state index is 0.156. The number of rotatable bonds is 3. The van der Waals surface area contributed by atoms with Crippen molar-refractivity contribution >= 4 is 5.91 Å². The molecule has 1 saturated heterocycles. The number of likely N-dealkylation sites (tertiary alicyclic amines) is 1. The molecule has 3 heteroatoms. The number of amides is 1. The summed E-state index contributed by atoms with van der Waals surface area (Å²) in [6, 6.07) is 19.6. The van der Waals surface area contributed by atoms with Crippen molar-refractivity contribution in [3.8, 4) is 0 Å². The Labute approximate surface area is 137 Å². The topological polar surface area (TPSA) is 46.3 Å². The van der Waals surface area contributed by atoms with Crippen molar-refractivity contribution in [1.82, 2.24) is 4.90 Å². The lowest BCUT2D eigenvalue weighted by molar-refractivity contribution is -0.123. The molecule has 0 spiro atoms. The fraction of sp³-hybridized carbons (Fsp3) is 0.350. The second kappa shape index (κ2) is 5.82. The van der Waals surface area contributed by atoms with Gasteiger partial charge in [-0.25, -0.2) is 0 Å². The van der Waals surface area contributed by atoms with Crippen LogP contribution < -0.4 is 5.73 Å². The van der Waals surface area contributed by atoms with Crippen LogP contribution in [0.5, 0.6) is 0 Å². The smallest absolute Gasteiger partial charge is 0.234 e. The van der Waals surface area contributed by atoms with Crippen molar-refractivity contribution < 1.29 is 4.79 Å². The predicted molar refractivity (Wildman–Crippen MR) is 90.7 cm³/mol. The summed E-state index contributed by atoms with van der Waals surface area (Å²) in [4.78, 5) is 14.4. The van der Waals surface area contributed by atoms with Crippen LogP contribution >= 0.6 is 0 Å². The van der Waals surface area contributed by atoms with E-state index in [9.17, 15) is 4.79 Å². The highest BCUT2D eigenvalue weighted by atomic mass is 16.1. The third-order valence-corrected chi connectivity index (χ3v) is 5.41. The molecule has 118 valence electrons. The van der Waals surface area contributed by atoms with Crippen LogP contribution in [0.2, 0.25) is 0 Å². The monoisotopic (exact) mass is 306 g/mol. The summed E-state index contributed by atoms with van der Waals surface area (Å²) < 4.78 is 0. The van der Waals surface area contributed by atoms with E-state index in [1.54, 1.807) is 0 Å². The number of nitrogens with two attached hydrogens (primary N) is 1. The van der Waals surface area contributed by atoms with E-state index in [1.807, 2.05) is 6.07 Å². The van der Waals surface area contributed by atoms with E-state index in [0.29, 0.717) is 6.04 Å². The van der Waals surface area contributed by atoms with E-state index in [4.69, 9.17) is 5.73 Å². The molecule has 1 fully saturated rings. The van der Waals surface area contributed by atoms with Crippen LogP contribution in [0, 0.1) is 0 Å². The Kier molecular flexibility index (Phi) is 3.66. The van der Waals surface area contributed by atoms with Gasteiger partial charge in [-0.3, -0.25) is 9.69 Å². The summed E-state index contributed by atoms with van der Waals surface area (Å²) in [6.45, 7) is 0. The summed E-state index contributed by atoms with van der Waals surface area (Å²) in [5.41, 5.74) is 9.82. The van der Waals surface area contributed by atoms with Gasteiger partial charge in [0.1, 0.15) is 0 Å².